The van der Waals surface area contributed by atoms with Crippen molar-refractivity contribution in [3.05, 3.63) is 51.3 Å². The molecule has 0 aliphatic rings. The molecule has 2 aromatic rings. The van der Waals surface area contributed by atoms with Crippen LogP contribution in [0.15, 0.2) is 33.9 Å². The van der Waals surface area contributed by atoms with E-state index in [-0.39, 0.29) is 0 Å². The lowest BCUT2D eigenvalue weighted by Gasteiger charge is -2.14. The van der Waals surface area contributed by atoms with Gasteiger partial charge in [0.25, 0.3) is 10.0 Å². The van der Waals surface area contributed by atoms with Gasteiger partial charge in [0, 0.05) is 0 Å². The van der Waals surface area contributed by atoms with E-state index in [0.29, 0.717) is 15.2 Å². The fourth-order valence-electron chi connectivity index (χ4n) is 2.41. The van der Waals surface area contributed by atoms with Crippen LogP contribution in [0.3, 0.4) is 0 Å². The van der Waals surface area contributed by atoms with Crippen LogP contribution in [0.4, 0.5) is 5.69 Å². The van der Waals surface area contributed by atoms with Crippen LogP contribution in [0.2, 0.25) is 0 Å². The van der Waals surface area contributed by atoms with Crippen molar-refractivity contribution in [3.8, 4) is 0 Å². The van der Waals surface area contributed by atoms with Crippen LogP contribution in [0.5, 0.6) is 0 Å². The van der Waals surface area contributed by atoms with Gasteiger partial charge in [0.05, 0.1) is 16.8 Å². The van der Waals surface area contributed by atoms with E-state index < -0.39 is 10.0 Å². The van der Waals surface area contributed by atoms with Crippen molar-refractivity contribution >= 4 is 31.6 Å². The Morgan fingerprint density at radius 2 is 1.57 bits per heavy atom. The number of rotatable bonds is 3. The van der Waals surface area contributed by atoms with Crippen molar-refractivity contribution in [2.45, 2.75) is 32.6 Å². The normalized spacial score (nSPS) is 11.5. The van der Waals surface area contributed by atoms with E-state index in [1.165, 1.54) is 6.20 Å². The summed E-state index contributed by atoms with van der Waals surface area (Å²) in [5.41, 5.74) is 3.84. The molecule has 1 aromatic carbocycles. The second kappa shape index (κ2) is 5.77. The monoisotopic (exact) mass is 368 g/mol. The van der Waals surface area contributed by atoms with E-state index >= 15 is 0 Å². The molecule has 0 radical (unpaired) electrons. The van der Waals surface area contributed by atoms with Crippen LogP contribution in [-0.2, 0) is 10.0 Å². The maximum absolute atomic E-state index is 12.6. The van der Waals surface area contributed by atoms with Gasteiger partial charge in [-0.2, -0.15) is 0 Å². The molecule has 0 atom stereocenters. The molecule has 21 heavy (non-hydrogen) atoms. The van der Waals surface area contributed by atoms with Crippen LogP contribution in [0.1, 0.15) is 22.3 Å². The lowest BCUT2D eigenvalue weighted by atomic mass is 10.1. The smallest absolute Gasteiger partial charge is 0.262 e. The first-order chi connectivity index (χ1) is 9.70. The highest BCUT2D eigenvalue weighted by Gasteiger charge is 2.20. The molecule has 0 fully saturated rings. The van der Waals surface area contributed by atoms with Gasteiger partial charge in [0.2, 0.25) is 0 Å². The Labute approximate surface area is 133 Å². The highest BCUT2D eigenvalue weighted by Crippen LogP contribution is 2.25. The first-order valence-electron chi connectivity index (χ1n) is 6.43. The third-order valence-electron chi connectivity index (χ3n) is 3.14. The lowest BCUT2D eigenvalue weighted by molar-refractivity contribution is 0.600. The van der Waals surface area contributed by atoms with Gasteiger partial charge < -0.3 is 0 Å². The largest absolute Gasteiger partial charge is 0.278 e. The second-order valence-electron chi connectivity index (χ2n) is 5.17. The number of aryl methyl sites for hydroxylation is 4. The predicted molar refractivity (Wildman–Crippen MR) is 88.1 cm³/mol. The Balaban J connectivity index is 2.46. The summed E-state index contributed by atoms with van der Waals surface area (Å²) >= 11 is 3.30. The summed E-state index contributed by atoms with van der Waals surface area (Å²) in [6, 6.07) is 5.48. The van der Waals surface area contributed by atoms with Crippen molar-refractivity contribution in [2.75, 3.05) is 4.72 Å². The molecule has 0 saturated heterocycles. The maximum atomic E-state index is 12.6. The SMILES string of the molecule is Cc1cc(C)c(S(=O)(=O)Nc2cnc(Br)c(C)c2)c(C)c1. The summed E-state index contributed by atoms with van der Waals surface area (Å²) in [6.45, 7) is 7.42. The number of anilines is 1. The highest BCUT2D eigenvalue weighted by atomic mass is 79.9. The second-order valence-corrected chi connectivity index (χ2v) is 7.54. The minimum Gasteiger partial charge on any atom is -0.278 e. The molecular weight excluding hydrogens is 352 g/mol. The molecule has 2 rings (SSSR count). The molecule has 112 valence electrons. The van der Waals surface area contributed by atoms with Crippen LogP contribution in [-0.4, -0.2) is 13.4 Å². The number of nitrogens with zero attached hydrogens (tertiary/aromatic N) is 1. The number of sulfonamides is 1. The molecule has 0 bridgehead atoms. The van der Waals surface area contributed by atoms with E-state index in [2.05, 4.69) is 25.6 Å². The van der Waals surface area contributed by atoms with Gasteiger partial charge in [0.1, 0.15) is 4.60 Å². The van der Waals surface area contributed by atoms with E-state index in [4.69, 9.17) is 0 Å². The molecule has 0 unspecified atom stereocenters. The van der Waals surface area contributed by atoms with Crippen molar-refractivity contribution in [3.63, 3.8) is 0 Å². The third-order valence-corrected chi connectivity index (χ3v) is 5.66. The summed E-state index contributed by atoms with van der Waals surface area (Å²) in [5, 5.41) is 0. The van der Waals surface area contributed by atoms with Gasteiger partial charge in [-0.3, -0.25) is 4.72 Å². The van der Waals surface area contributed by atoms with Crippen molar-refractivity contribution < 1.29 is 8.42 Å². The van der Waals surface area contributed by atoms with Crippen molar-refractivity contribution in [2.24, 2.45) is 0 Å². The average molecular weight is 369 g/mol. The Morgan fingerprint density at radius 1 is 1.00 bits per heavy atom. The molecule has 0 saturated carbocycles. The number of halogens is 1. The predicted octanol–water partition coefficient (Wildman–Crippen LogP) is 3.88. The highest BCUT2D eigenvalue weighted by molar-refractivity contribution is 9.10. The summed E-state index contributed by atoms with van der Waals surface area (Å²) in [6.07, 6.45) is 1.49. The standard InChI is InChI=1S/C15H17BrN2O2S/c1-9-5-10(2)14(11(3)6-9)21(19,20)18-13-7-12(4)15(16)17-8-13/h5-8,18H,1-4H3. The topological polar surface area (TPSA) is 59.1 Å². The van der Waals surface area contributed by atoms with Gasteiger partial charge in [-0.1, -0.05) is 17.7 Å². The Hall–Kier alpha value is -1.40. The lowest BCUT2D eigenvalue weighted by Crippen LogP contribution is -2.16. The first kappa shape index (κ1) is 16.0. The van der Waals surface area contributed by atoms with Crippen LogP contribution < -0.4 is 4.72 Å². The molecule has 0 spiro atoms. The zero-order chi connectivity index (χ0) is 15.8. The fraction of sp³-hybridized carbons (Fsp3) is 0.267. The molecule has 1 N–H and O–H groups in total. The van der Waals surface area contributed by atoms with Gasteiger partial charge in [-0.25, -0.2) is 13.4 Å². The Morgan fingerprint density at radius 3 is 2.10 bits per heavy atom. The molecular formula is C15H17BrN2O2S. The number of hydrogen-bond donors (Lipinski definition) is 1. The van der Waals surface area contributed by atoms with E-state index in [9.17, 15) is 8.42 Å². The minimum absolute atomic E-state index is 0.327. The number of pyridine rings is 1. The number of benzene rings is 1. The van der Waals surface area contributed by atoms with E-state index in [1.807, 2.05) is 26.0 Å². The quantitative estimate of drug-likeness (QED) is 0.836. The third kappa shape index (κ3) is 3.44. The zero-order valence-corrected chi connectivity index (χ0v) is 14.8. The zero-order valence-electron chi connectivity index (χ0n) is 12.4. The Kier molecular flexibility index (Phi) is 4.39. The van der Waals surface area contributed by atoms with Crippen LogP contribution in [0.25, 0.3) is 0 Å². The van der Waals surface area contributed by atoms with Crippen molar-refractivity contribution in [1.29, 1.82) is 0 Å². The maximum Gasteiger partial charge on any atom is 0.262 e. The van der Waals surface area contributed by atoms with Gasteiger partial charge in [0.15, 0.2) is 0 Å². The fourth-order valence-corrected chi connectivity index (χ4v) is 4.12. The summed E-state index contributed by atoms with van der Waals surface area (Å²) in [5.74, 6) is 0. The number of nitrogens with one attached hydrogen (secondary N) is 1. The first-order valence-corrected chi connectivity index (χ1v) is 8.71. The molecule has 0 aliphatic heterocycles. The van der Waals surface area contributed by atoms with Gasteiger partial charge in [-0.15, -0.1) is 0 Å². The van der Waals surface area contributed by atoms with Gasteiger partial charge >= 0.3 is 0 Å². The van der Waals surface area contributed by atoms with Crippen molar-refractivity contribution in [1.82, 2.24) is 4.98 Å². The molecule has 0 aliphatic carbocycles. The number of aromatic nitrogens is 1. The Bertz CT molecular complexity index is 778. The minimum atomic E-state index is -3.63. The average Bonchev–Trinajstić information content (AvgIpc) is 2.31. The molecule has 0 amide bonds. The van der Waals surface area contributed by atoms with Crippen LogP contribution in [0, 0.1) is 27.7 Å². The molecule has 1 heterocycles. The van der Waals surface area contributed by atoms with Gasteiger partial charge in [-0.05, 0) is 66.4 Å². The summed E-state index contributed by atoms with van der Waals surface area (Å²) in [4.78, 5) is 4.43. The molecule has 1 aromatic heterocycles. The molecule has 4 nitrogen and oxygen atoms in total. The number of hydrogen-bond acceptors (Lipinski definition) is 3. The van der Waals surface area contributed by atoms with Crippen LogP contribution >= 0.6 is 15.9 Å². The van der Waals surface area contributed by atoms with E-state index in [1.54, 1.807) is 19.9 Å². The summed E-state index contributed by atoms with van der Waals surface area (Å²) < 4.78 is 28.5. The molecule has 6 heteroatoms. The summed E-state index contributed by atoms with van der Waals surface area (Å²) in [7, 11) is -3.63. The van der Waals surface area contributed by atoms with E-state index in [0.717, 1.165) is 22.3 Å².